The first kappa shape index (κ1) is 16.5. The number of amides is 1. The molecule has 0 spiro atoms. The molecule has 0 aliphatic heterocycles. The summed E-state index contributed by atoms with van der Waals surface area (Å²) in [7, 11) is 0. The topological polar surface area (TPSA) is 66.8 Å². The van der Waals surface area contributed by atoms with Crippen molar-refractivity contribution in [3.05, 3.63) is 71.8 Å². The summed E-state index contributed by atoms with van der Waals surface area (Å²) in [6, 6.07) is 18.8. The van der Waals surface area contributed by atoms with Gasteiger partial charge in [-0.15, -0.1) is 0 Å². The Labute approximate surface area is 135 Å². The Morgan fingerprint density at radius 2 is 1.48 bits per heavy atom. The van der Waals surface area contributed by atoms with Crippen molar-refractivity contribution < 1.29 is 19.4 Å². The number of nitrogens with zero attached hydrogens (tertiary/aromatic N) is 1. The first-order valence-corrected chi connectivity index (χ1v) is 7.36. The second kappa shape index (κ2) is 8.58. The molecule has 23 heavy (non-hydrogen) atoms. The highest BCUT2D eigenvalue weighted by Gasteiger charge is 2.16. The number of hydrogen-bond acceptors (Lipinski definition) is 3. The number of ether oxygens (including phenoxy) is 1. The van der Waals surface area contributed by atoms with Crippen LogP contribution in [0.4, 0.5) is 4.79 Å². The second-order valence-electron chi connectivity index (χ2n) is 5.09. The summed E-state index contributed by atoms with van der Waals surface area (Å²) in [6.07, 6.45) is -0.633. The molecule has 0 bridgehead atoms. The van der Waals surface area contributed by atoms with Gasteiger partial charge in [-0.1, -0.05) is 60.7 Å². The molecule has 0 aliphatic rings. The summed E-state index contributed by atoms with van der Waals surface area (Å²) >= 11 is 0. The van der Waals surface area contributed by atoms with Gasteiger partial charge in [0.1, 0.15) is 6.61 Å². The third kappa shape index (κ3) is 5.82. The molecule has 2 rings (SSSR count). The van der Waals surface area contributed by atoms with Crippen molar-refractivity contribution in [2.24, 2.45) is 0 Å². The van der Waals surface area contributed by atoms with Gasteiger partial charge in [-0.05, 0) is 11.1 Å². The second-order valence-corrected chi connectivity index (χ2v) is 5.09. The molecule has 2 aromatic carbocycles. The van der Waals surface area contributed by atoms with Gasteiger partial charge < -0.3 is 14.7 Å². The number of carbonyl (C=O) groups excluding carboxylic acids is 1. The van der Waals surface area contributed by atoms with Gasteiger partial charge in [-0.2, -0.15) is 0 Å². The van der Waals surface area contributed by atoms with E-state index in [1.807, 2.05) is 60.7 Å². The fourth-order valence-corrected chi connectivity index (χ4v) is 2.08. The number of carbonyl (C=O) groups is 2. The predicted molar refractivity (Wildman–Crippen MR) is 85.7 cm³/mol. The predicted octanol–water partition coefficient (Wildman–Crippen LogP) is 3.30. The Bertz CT molecular complexity index is 628. The minimum Gasteiger partial charge on any atom is -0.481 e. The lowest BCUT2D eigenvalue weighted by molar-refractivity contribution is -0.137. The maximum absolute atomic E-state index is 12.2. The first-order chi connectivity index (χ1) is 11.1. The van der Waals surface area contributed by atoms with E-state index in [0.29, 0.717) is 6.54 Å². The molecule has 0 heterocycles. The van der Waals surface area contributed by atoms with E-state index in [2.05, 4.69) is 0 Å². The molecule has 120 valence electrons. The van der Waals surface area contributed by atoms with Crippen molar-refractivity contribution in [2.75, 3.05) is 6.54 Å². The lowest BCUT2D eigenvalue weighted by Crippen LogP contribution is -2.33. The molecule has 0 saturated carbocycles. The van der Waals surface area contributed by atoms with Gasteiger partial charge in [0, 0.05) is 13.1 Å². The minimum absolute atomic E-state index is 0.109. The standard InChI is InChI=1S/C18H19NO4/c20-17(21)11-12-19(13-15-7-3-1-4-8-15)18(22)23-14-16-9-5-2-6-10-16/h1-10H,11-14H2,(H,20,21). The van der Waals surface area contributed by atoms with Crippen LogP contribution in [-0.2, 0) is 22.7 Å². The highest BCUT2D eigenvalue weighted by atomic mass is 16.6. The van der Waals surface area contributed by atoms with Crippen molar-refractivity contribution in [1.82, 2.24) is 4.90 Å². The van der Waals surface area contributed by atoms with Gasteiger partial charge in [0.05, 0.1) is 6.42 Å². The molecule has 0 aliphatic carbocycles. The zero-order valence-corrected chi connectivity index (χ0v) is 12.7. The van der Waals surface area contributed by atoms with Crippen LogP contribution in [0.25, 0.3) is 0 Å². The van der Waals surface area contributed by atoms with Gasteiger partial charge in [-0.3, -0.25) is 4.79 Å². The zero-order valence-electron chi connectivity index (χ0n) is 12.7. The smallest absolute Gasteiger partial charge is 0.410 e. The lowest BCUT2D eigenvalue weighted by Gasteiger charge is -2.21. The van der Waals surface area contributed by atoms with E-state index in [9.17, 15) is 9.59 Å². The molecule has 1 amide bonds. The van der Waals surface area contributed by atoms with Crippen LogP contribution in [-0.4, -0.2) is 28.6 Å². The molecular weight excluding hydrogens is 294 g/mol. The molecule has 5 heteroatoms. The summed E-state index contributed by atoms with van der Waals surface area (Å²) < 4.78 is 5.29. The van der Waals surface area contributed by atoms with Crippen LogP contribution in [0.15, 0.2) is 60.7 Å². The summed E-state index contributed by atoms with van der Waals surface area (Å²) in [6.45, 7) is 0.595. The minimum atomic E-state index is -0.945. The normalized spacial score (nSPS) is 10.1. The number of carboxylic acid groups (broad SMARTS) is 1. The maximum atomic E-state index is 12.2. The number of rotatable bonds is 7. The maximum Gasteiger partial charge on any atom is 0.410 e. The van der Waals surface area contributed by atoms with Gasteiger partial charge in [-0.25, -0.2) is 4.79 Å². The van der Waals surface area contributed by atoms with Crippen molar-refractivity contribution in [1.29, 1.82) is 0 Å². The van der Waals surface area contributed by atoms with Gasteiger partial charge in [0.25, 0.3) is 0 Å². The van der Waals surface area contributed by atoms with Crippen molar-refractivity contribution in [3.63, 3.8) is 0 Å². The summed E-state index contributed by atoms with van der Waals surface area (Å²) in [5.74, 6) is -0.945. The van der Waals surface area contributed by atoms with Crippen LogP contribution in [0.2, 0.25) is 0 Å². The number of benzene rings is 2. The Hall–Kier alpha value is -2.82. The fraction of sp³-hybridized carbons (Fsp3) is 0.222. The average molecular weight is 313 g/mol. The summed E-state index contributed by atoms with van der Waals surface area (Å²) in [5.41, 5.74) is 1.81. The third-order valence-corrected chi connectivity index (χ3v) is 3.28. The van der Waals surface area contributed by atoms with Crippen LogP contribution < -0.4 is 0 Å². The van der Waals surface area contributed by atoms with Crippen LogP contribution in [0, 0.1) is 0 Å². The van der Waals surface area contributed by atoms with Crippen LogP contribution >= 0.6 is 0 Å². The fourth-order valence-electron chi connectivity index (χ4n) is 2.08. The van der Waals surface area contributed by atoms with E-state index in [1.54, 1.807) is 0 Å². The van der Waals surface area contributed by atoms with E-state index in [-0.39, 0.29) is 19.6 Å². The first-order valence-electron chi connectivity index (χ1n) is 7.36. The van der Waals surface area contributed by atoms with Crippen LogP contribution in [0.3, 0.4) is 0 Å². The Morgan fingerprint density at radius 1 is 0.913 bits per heavy atom. The zero-order chi connectivity index (χ0) is 16.5. The Balaban J connectivity index is 1.97. The third-order valence-electron chi connectivity index (χ3n) is 3.28. The van der Waals surface area contributed by atoms with E-state index in [0.717, 1.165) is 11.1 Å². The summed E-state index contributed by atoms with van der Waals surface area (Å²) in [5, 5.41) is 8.84. The summed E-state index contributed by atoms with van der Waals surface area (Å²) in [4.78, 5) is 24.4. The molecule has 2 aromatic rings. The lowest BCUT2D eigenvalue weighted by atomic mass is 10.2. The largest absolute Gasteiger partial charge is 0.481 e. The van der Waals surface area contributed by atoms with Crippen molar-refractivity contribution in [2.45, 2.75) is 19.6 Å². The van der Waals surface area contributed by atoms with Crippen LogP contribution in [0.5, 0.6) is 0 Å². The number of carboxylic acids is 1. The molecular formula is C18H19NO4. The van der Waals surface area contributed by atoms with Gasteiger partial charge >= 0.3 is 12.1 Å². The van der Waals surface area contributed by atoms with E-state index < -0.39 is 12.1 Å². The molecule has 0 radical (unpaired) electrons. The monoisotopic (exact) mass is 313 g/mol. The number of aliphatic carboxylic acids is 1. The van der Waals surface area contributed by atoms with E-state index in [4.69, 9.17) is 9.84 Å². The highest BCUT2D eigenvalue weighted by Crippen LogP contribution is 2.09. The average Bonchev–Trinajstić information content (AvgIpc) is 2.58. The molecule has 5 nitrogen and oxygen atoms in total. The van der Waals surface area contributed by atoms with Crippen molar-refractivity contribution >= 4 is 12.1 Å². The Morgan fingerprint density at radius 3 is 2.04 bits per heavy atom. The van der Waals surface area contributed by atoms with E-state index in [1.165, 1.54) is 4.90 Å². The highest BCUT2D eigenvalue weighted by molar-refractivity contribution is 5.70. The molecule has 1 N–H and O–H groups in total. The SMILES string of the molecule is O=C(O)CCN(Cc1ccccc1)C(=O)OCc1ccccc1. The molecule has 0 saturated heterocycles. The Kier molecular flexibility index (Phi) is 6.17. The molecule has 0 aromatic heterocycles. The van der Waals surface area contributed by atoms with Crippen LogP contribution in [0.1, 0.15) is 17.5 Å². The number of hydrogen-bond donors (Lipinski definition) is 1. The van der Waals surface area contributed by atoms with Gasteiger partial charge in [0.15, 0.2) is 0 Å². The van der Waals surface area contributed by atoms with Crippen molar-refractivity contribution in [3.8, 4) is 0 Å². The quantitative estimate of drug-likeness (QED) is 0.851. The molecule has 0 unspecified atom stereocenters. The molecule has 0 fully saturated rings. The van der Waals surface area contributed by atoms with Gasteiger partial charge in [0.2, 0.25) is 0 Å². The molecule has 0 atom stereocenters. The van der Waals surface area contributed by atoms with E-state index >= 15 is 0 Å².